The molecule has 2 aliphatic carbocycles. The van der Waals surface area contributed by atoms with Gasteiger partial charge in [-0.15, -0.1) is 0 Å². The Morgan fingerprint density at radius 2 is 2.07 bits per heavy atom. The van der Waals surface area contributed by atoms with Crippen LogP contribution >= 0.6 is 0 Å². The van der Waals surface area contributed by atoms with Gasteiger partial charge < -0.3 is 0 Å². The first-order valence-corrected chi connectivity index (χ1v) is 5.58. The minimum Gasteiger partial charge on any atom is -0.0652 e. The van der Waals surface area contributed by atoms with Gasteiger partial charge in [0.05, 0.1) is 0 Å². The van der Waals surface area contributed by atoms with Crippen LogP contribution in [0, 0.1) is 5.92 Å². The summed E-state index contributed by atoms with van der Waals surface area (Å²) < 4.78 is 0. The van der Waals surface area contributed by atoms with E-state index in [9.17, 15) is 0 Å². The van der Waals surface area contributed by atoms with Crippen LogP contribution < -0.4 is 10.4 Å². The van der Waals surface area contributed by atoms with Crippen molar-refractivity contribution in [1.29, 1.82) is 0 Å². The molecule has 0 fully saturated rings. The van der Waals surface area contributed by atoms with Crippen molar-refractivity contribution >= 4 is 11.1 Å². The molecule has 14 heavy (non-hydrogen) atoms. The third-order valence-electron chi connectivity index (χ3n) is 3.82. The van der Waals surface area contributed by atoms with Gasteiger partial charge in [-0.2, -0.15) is 0 Å². The Hall–Kier alpha value is -1.04. The maximum absolute atomic E-state index is 2.37. The van der Waals surface area contributed by atoms with Crippen LogP contribution in [0.1, 0.15) is 32.3 Å². The normalized spacial score (nSPS) is 24.0. The molecule has 0 heteroatoms. The number of hydrogen-bond donors (Lipinski definition) is 0. The maximum atomic E-state index is 2.37. The van der Waals surface area contributed by atoms with Gasteiger partial charge in [0.15, 0.2) is 0 Å². The second kappa shape index (κ2) is 2.73. The largest absolute Gasteiger partial charge is 0.0652 e. The molecule has 1 aromatic carbocycles. The third-order valence-corrected chi connectivity index (χ3v) is 3.82. The molecule has 2 aliphatic rings. The van der Waals surface area contributed by atoms with Crippen molar-refractivity contribution in [3.05, 3.63) is 34.2 Å². The zero-order valence-electron chi connectivity index (χ0n) is 8.93. The Labute approximate surface area is 85.0 Å². The molecule has 0 radical (unpaired) electrons. The van der Waals surface area contributed by atoms with E-state index in [0.29, 0.717) is 0 Å². The minimum atomic E-state index is 0.791. The van der Waals surface area contributed by atoms with Crippen LogP contribution in [0.15, 0.2) is 18.2 Å². The molecule has 0 heterocycles. The fraction of sp³-hybridized carbons (Fsp3) is 0.429. The van der Waals surface area contributed by atoms with E-state index in [2.05, 4.69) is 32.0 Å². The van der Waals surface area contributed by atoms with Gasteiger partial charge in [0.2, 0.25) is 0 Å². The van der Waals surface area contributed by atoms with Gasteiger partial charge in [-0.25, -0.2) is 0 Å². The number of rotatable bonds is 0. The molecule has 1 unspecified atom stereocenters. The highest BCUT2D eigenvalue weighted by Gasteiger charge is 2.22. The second-order valence-corrected chi connectivity index (χ2v) is 4.75. The van der Waals surface area contributed by atoms with Crippen molar-refractivity contribution in [2.24, 2.45) is 5.92 Å². The molecule has 0 saturated heterocycles. The van der Waals surface area contributed by atoms with Crippen molar-refractivity contribution in [1.82, 2.24) is 0 Å². The van der Waals surface area contributed by atoms with E-state index in [1.54, 1.807) is 21.9 Å². The lowest BCUT2D eigenvalue weighted by molar-refractivity contribution is 0.740. The van der Waals surface area contributed by atoms with Crippen molar-refractivity contribution < 1.29 is 0 Å². The Morgan fingerprint density at radius 3 is 2.93 bits per heavy atom. The SMILES string of the molecule is CC1=c2cccc3c2=C(CC1)C(C)C3. The molecule has 0 aliphatic heterocycles. The first-order valence-electron chi connectivity index (χ1n) is 5.58. The summed E-state index contributed by atoms with van der Waals surface area (Å²) in [6, 6.07) is 6.82. The van der Waals surface area contributed by atoms with Gasteiger partial charge in [0.25, 0.3) is 0 Å². The highest BCUT2D eigenvalue weighted by atomic mass is 14.3. The van der Waals surface area contributed by atoms with E-state index in [1.807, 2.05) is 0 Å². The van der Waals surface area contributed by atoms with Crippen molar-refractivity contribution in [3.8, 4) is 0 Å². The summed E-state index contributed by atoms with van der Waals surface area (Å²) in [6.45, 7) is 4.66. The molecule has 1 aromatic rings. The van der Waals surface area contributed by atoms with Gasteiger partial charge in [0.1, 0.15) is 0 Å². The molecule has 0 bridgehead atoms. The summed E-state index contributed by atoms with van der Waals surface area (Å²) in [5, 5.41) is 3.15. The quantitative estimate of drug-likeness (QED) is 0.578. The van der Waals surface area contributed by atoms with Crippen molar-refractivity contribution in [3.63, 3.8) is 0 Å². The third kappa shape index (κ3) is 0.943. The van der Waals surface area contributed by atoms with Gasteiger partial charge in [0, 0.05) is 0 Å². The van der Waals surface area contributed by atoms with E-state index in [-0.39, 0.29) is 0 Å². The van der Waals surface area contributed by atoms with E-state index in [4.69, 9.17) is 0 Å². The van der Waals surface area contributed by atoms with Crippen LogP contribution in [0.25, 0.3) is 11.1 Å². The molecule has 72 valence electrons. The first kappa shape index (κ1) is 8.28. The maximum Gasteiger partial charge on any atom is -0.0157 e. The Kier molecular flexibility index (Phi) is 1.61. The molecule has 0 saturated carbocycles. The summed E-state index contributed by atoms with van der Waals surface area (Å²) >= 11 is 0. The predicted octanol–water partition coefficient (Wildman–Crippen LogP) is 1.99. The smallest absolute Gasteiger partial charge is 0.0157 e. The number of hydrogen-bond acceptors (Lipinski definition) is 0. The summed E-state index contributed by atoms with van der Waals surface area (Å²) in [6.07, 6.45) is 3.85. The zero-order valence-corrected chi connectivity index (χ0v) is 8.93. The Balaban J connectivity index is 2.52. The fourth-order valence-electron chi connectivity index (χ4n) is 3.03. The molecule has 1 atom stereocenters. The van der Waals surface area contributed by atoms with Crippen molar-refractivity contribution in [2.45, 2.75) is 33.1 Å². The van der Waals surface area contributed by atoms with E-state index < -0.39 is 0 Å². The second-order valence-electron chi connectivity index (χ2n) is 4.75. The first-order chi connectivity index (χ1) is 6.77. The lowest BCUT2D eigenvalue weighted by Crippen LogP contribution is -2.32. The summed E-state index contributed by atoms with van der Waals surface area (Å²) in [4.78, 5) is 0. The van der Waals surface area contributed by atoms with Crippen LogP contribution in [0.5, 0.6) is 0 Å². The van der Waals surface area contributed by atoms with Crippen molar-refractivity contribution in [2.75, 3.05) is 0 Å². The highest BCUT2D eigenvalue weighted by Crippen LogP contribution is 2.28. The van der Waals surface area contributed by atoms with Crippen LogP contribution in [0.4, 0.5) is 0 Å². The van der Waals surface area contributed by atoms with E-state index in [1.165, 1.54) is 24.5 Å². The van der Waals surface area contributed by atoms with Crippen LogP contribution in [0.3, 0.4) is 0 Å². The lowest BCUT2D eigenvalue weighted by atomic mass is 9.92. The minimum absolute atomic E-state index is 0.791. The average Bonchev–Trinajstić information content (AvgIpc) is 2.50. The average molecular weight is 184 g/mol. The molecule has 0 N–H and O–H groups in total. The molecule has 0 aromatic heterocycles. The Morgan fingerprint density at radius 1 is 1.21 bits per heavy atom. The van der Waals surface area contributed by atoms with Crippen LogP contribution in [-0.4, -0.2) is 0 Å². The predicted molar refractivity (Wildman–Crippen MR) is 60.3 cm³/mol. The molecular formula is C14H16. The summed E-state index contributed by atoms with van der Waals surface area (Å²) in [5.41, 5.74) is 4.89. The molecular weight excluding hydrogens is 168 g/mol. The van der Waals surface area contributed by atoms with E-state index >= 15 is 0 Å². The monoisotopic (exact) mass is 184 g/mol. The lowest BCUT2D eigenvalue weighted by Gasteiger charge is -2.13. The highest BCUT2D eigenvalue weighted by molar-refractivity contribution is 5.62. The van der Waals surface area contributed by atoms with E-state index in [0.717, 1.165) is 5.92 Å². The fourth-order valence-corrected chi connectivity index (χ4v) is 3.03. The number of benzene rings is 1. The molecule has 0 amide bonds. The molecule has 0 nitrogen and oxygen atoms in total. The Bertz CT molecular complexity index is 505. The van der Waals surface area contributed by atoms with Gasteiger partial charge >= 0.3 is 0 Å². The van der Waals surface area contributed by atoms with Crippen LogP contribution in [-0.2, 0) is 6.42 Å². The summed E-state index contributed by atoms with van der Waals surface area (Å²) in [5.74, 6) is 0.791. The molecule has 0 spiro atoms. The van der Waals surface area contributed by atoms with Gasteiger partial charge in [-0.05, 0) is 48.1 Å². The topological polar surface area (TPSA) is 0 Å². The summed E-state index contributed by atoms with van der Waals surface area (Å²) in [7, 11) is 0. The van der Waals surface area contributed by atoms with Crippen LogP contribution in [0.2, 0.25) is 0 Å². The van der Waals surface area contributed by atoms with Gasteiger partial charge in [-0.3, -0.25) is 0 Å². The zero-order chi connectivity index (χ0) is 9.71. The standard InChI is InChI=1S/C14H16/c1-9-6-7-13-10(2)8-11-4-3-5-12(9)14(11)13/h3-5,10H,6-8H2,1-2H3. The van der Waals surface area contributed by atoms with Gasteiger partial charge in [-0.1, -0.05) is 36.3 Å². The molecule has 3 rings (SSSR count).